The predicted octanol–water partition coefficient (Wildman–Crippen LogP) is 2.77. The molecule has 1 fully saturated rings. The first kappa shape index (κ1) is 14.0. The predicted molar refractivity (Wildman–Crippen MR) is 68.9 cm³/mol. The zero-order chi connectivity index (χ0) is 14.3. The Hall–Kier alpha value is -1.42. The lowest BCUT2D eigenvalue weighted by Gasteiger charge is -2.43. The molecule has 1 aromatic carbocycles. The van der Waals surface area contributed by atoms with E-state index in [0.717, 1.165) is 0 Å². The monoisotopic (exact) mass is 266 g/mol. The van der Waals surface area contributed by atoms with Crippen molar-refractivity contribution in [2.75, 3.05) is 0 Å². The number of halogens is 1. The molecule has 0 radical (unpaired) electrons. The number of hydrogen-bond donors (Lipinski definition) is 1. The van der Waals surface area contributed by atoms with Crippen LogP contribution in [0.5, 0.6) is 0 Å². The quantitative estimate of drug-likeness (QED) is 0.837. The maximum Gasteiger partial charge on any atom is 0.309 e. The van der Waals surface area contributed by atoms with Crippen LogP contribution in [-0.4, -0.2) is 16.7 Å². The molecule has 0 amide bonds. The Morgan fingerprint density at radius 1 is 1.32 bits per heavy atom. The number of benzene rings is 1. The number of esters is 1. The van der Waals surface area contributed by atoms with Crippen molar-refractivity contribution in [1.29, 1.82) is 0 Å². The molecule has 1 aromatic rings. The molecule has 0 aromatic heterocycles. The van der Waals surface area contributed by atoms with Crippen LogP contribution < -0.4 is 0 Å². The lowest BCUT2D eigenvalue weighted by atomic mass is 9.67. The first-order valence-corrected chi connectivity index (χ1v) is 6.41. The average Bonchev–Trinajstić information content (AvgIpc) is 2.23. The minimum Gasteiger partial charge on any atom is -0.460 e. The lowest BCUT2D eigenvalue weighted by molar-refractivity contribution is -0.176. The Morgan fingerprint density at radius 3 is 2.32 bits per heavy atom. The third-order valence-electron chi connectivity index (χ3n) is 3.29. The van der Waals surface area contributed by atoms with Crippen LogP contribution in [0, 0.1) is 11.7 Å². The van der Waals surface area contributed by atoms with Crippen molar-refractivity contribution in [3.63, 3.8) is 0 Å². The molecule has 1 aliphatic rings. The molecule has 3 nitrogen and oxygen atoms in total. The van der Waals surface area contributed by atoms with Gasteiger partial charge in [0.05, 0.1) is 11.5 Å². The van der Waals surface area contributed by atoms with Gasteiger partial charge in [-0.15, -0.1) is 0 Å². The van der Waals surface area contributed by atoms with Crippen LogP contribution in [0.25, 0.3) is 0 Å². The van der Waals surface area contributed by atoms with E-state index < -0.39 is 11.2 Å². The summed E-state index contributed by atoms with van der Waals surface area (Å²) in [6.45, 7) is 5.45. The van der Waals surface area contributed by atoms with Crippen molar-refractivity contribution in [2.45, 2.75) is 44.8 Å². The van der Waals surface area contributed by atoms with Gasteiger partial charge in [0.2, 0.25) is 0 Å². The summed E-state index contributed by atoms with van der Waals surface area (Å²) in [4.78, 5) is 11.8. The van der Waals surface area contributed by atoms with Gasteiger partial charge in [-0.1, -0.05) is 12.1 Å². The van der Waals surface area contributed by atoms with Gasteiger partial charge in [-0.25, -0.2) is 4.39 Å². The second-order valence-corrected chi connectivity index (χ2v) is 6.18. The van der Waals surface area contributed by atoms with E-state index in [9.17, 15) is 14.3 Å². The van der Waals surface area contributed by atoms with Crippen molar-refractivity contribution in [1.82, 2.24) is 0 Å². The second kappa shape index (κ2) is 4.60. The van der Waals surface area contributed by atoms with Crippen LogP contribution in [0.15, 0.2) is 24.3 Å². The number of ether oxygens (including phenoxy) is 1. The minimum absolute atomic E-state index is 0.278. The highest BCUT2D eigenvalue weighted by atomic mass is 19.1. The first-order chi connectivity index (χ1) is 8.70. The van der Waals surface area contributed by atoms with E-state index in [2.05, 4.69) is 0 Å². The van der Waals surface area contributed by atoms with Crippen molar-refractivity contribution in [2.24, 2.45) is 5.92 Å². The molecule has 1 N–H and O–H groups in total. The summed E-state index contributed by atoms with van der Waals surface area (Å²) in [7, 11) is 0. The van der Waals surface area contributed by atoms with Gasteiger partial charge in [0.1, 0.15) is 11.4 Å². The molecule has 0 bridgehead atoms. The van der Waals surface area contributed by atoms with Crippen LogP contribution >= 0.6 is 0 Å². The topological polar surface area (TPSA) is 46.5 Å². The van der Waals surface area contributed by atoms with Gasteiger partial charge >= 0.3 is 5.97 Å². The van der Waals surface area contributed by atoms with E-state index in [0.29, 0.717) is 18.4 Å². The molecular weight excluding hydrogens is 247 g/mol. The molecule has 0 heterocycles. The summed E-state index contributed by atoms with van der Waals surface area (Å²) in [5, 5.41) is 10.4. The van der Waals surface area contributed by atoms with Crippen molar-refractivity contribution < 1.29 is 19.0 Å². The van der Waals surface area contributed by atoms with Crippen LogP contribution in [0.3, 0.4) is 0 Å². The molecule has 1 aliphatic carbocycles. The Morgan fingerprint density at radius 2 is 1.84 bits per heavy atom. The molecule has 0 unspecified atom stereocenters. The summed E-state index contributed by atoms with van der Waals surface area (Å²) in [6, 6.07) is 5.74. The van der Waals surface area contributed by atoms with E-state index in [1.807, 2.05) is 20.8 Å². The summed E-state index contributed by atoms with van der Waals surface area (Å²) in [5.41, 5.74) is -0.899. The van der Waals surface area contributed by atoms with Crippen molar-refractivity contribution in [3.05, 3.63) is 35.6 Å². The Kier molecular flexibility index (Phi) is 3.39. The van der Waals surface area contributed by atoms with E-state index >= 15 is 0 Å². The molecule has 1 saturated carbocycles. The fraction of sp³-hybridized carbons (Fsp3) is 0.533. The van der Waals surface area contributed by atoms with Crippen molar-refractivity contribution >= 4 is 5.97 Å². The Balaban J connectivity index is 1.98. The zero-order valence-corrected chi connectivity index (χ0v) is 11.4. The molecule has 2 rings (SSSR count). The highest BCUT2D eigenvalue weighted by molar-refractivity contribution is 5.74. The standard InChI is InChI=1S/C15H19FO3/c1-14(2,3)19-13(17)10-8-15(18,9-10)11-4-6-12(16)7-5-11/h4-7,10,18H,8-9H2,1-3H3. The number of carbonyl (C=O) groups excluding carboxylic acids is 1. The summed E-state index contributed by atoms with van der Waals surface area (Å²) >= 11 is 0. The van der Waals surface area contributed by atoms with Gasteiger partial charge in [0.15, 0.2) is 0 Å². The minimum atomic E-state index is -1.03. The van der Waals surface area contributed by atoms with Crippen molar-refractivity contribution in [3.8, 4) is 0 Å². The van der Waals surface area contributed by atoms with Gasteiger partial charge in [-0.05, 0) is 51.3 Å². The SMILES string of the molecule is CC(C)(C)OC(=O)C1CC(O)(c2ccc(F)cc2)C1. The molecule has 0 saturated heterocycles. The molecule has 4 heteroatoms. The average molecular weight is 266 g/mol. The van der Waals surface area contributed by atoms with Gasteiger partial charge in [0.25, 0.3) is 0 Å². The molecular formula is C15H19FO3. The zero-order valence-electron chi connectivity index (χ0n) is 11.4. The van der Waals surface area contributed by atoms with Gasteiger partial charge in [-0.3, -0.25) is 4.79 Å². The van der Waals surface area contributed by atoms with Gasteiger partial charge < -0.3 is 9.84 Å². The smallest absolute Gasteiger partial charge is 0.309 e. The first-order valence-electron chi connectivity index (χ1n) is 6.41. The number of carbonyl (C=O) groups is 1. The highest BCUT2D eigenvalue weighted by Crippen LogP contribution is 2.46. The van der Waals surface area contributed by atoms with E-state index in [4.69, 9.17) is 4.74 Å². The number of hydrogen-bond acceptors (Lipinski definition) is 3. The third kappa shape index (κ3) is 3.13. The molecule has 19 heavy (non-hydrogen) atoms. The third-order valence-corrected chi connectivity index (χ3v) is 3.29. The summed E-state index contributed by atoms with van der Waals surface area (Å²) < 4.78 is 18.1. The molecule has 0 spiro atoms. The number of rotatable bonds is 2. The van der Waals surface area contributed by atoms with Gasteiger partial charge in [0, 0.05) is 0 Å². The van der Waals surface area contributed by atoms with Crippen LogP contribution in [0.1, 0.15) is 39.2 Å². The second-order valence-electron chi connectivity index (χ2n) is 6.18. The number of aliphatic hydroxyl groups is 1. The maximum atomic E-state index is 12.8. The van der Waals surface area contributed by atoms with E-state index in [-0.39, 0.29) is 17.7 Å². The van der Waals surface area contributed by atoms with Crippen LogP contribution in [-0.2, 0) is 15.1 Å². The van der Waals surface area contributed by atoms with E-state index in [1.54, 1.807) is 12.1 Å². The van der Waals surface area contributed by atoms with Crippen LogP contribution in [0.4, 0.5) is 4.39 Å². The lowest BCUT2D eigenvalue weighted by Crippen LogP contribution is -2.46. The Labute approximate surface area is 112 Å². The largest absolute Gasteiger partial charge is 0.460 e. The highest BCUT2D eigenvalue weighted by Gasteiger charge is 2.48. The van der Waals surface area contributed by atoms with E-state index in [1.165, 1.54) is 12.1 Å². The molecule has 104 valence electrons. The normalized spacial score (nSPS) is 26.7. The van der Waals surface area contributed by atoms with Crippen LogP contribution in [0.2, 0.25) is 0 Å². The molecule has 0 atom stereocenters. The fourth-order valence-electron chi connectivity index (χ4n) is 2.30. The summed E-state index contributed by atoms with van der Waals surface area (Å²) in [6.07, 6.45) is 0.654. The maximum absolute atomic E-state index is 12.8. The Bertz CT molecular complexity index is 467. The fourth-order valence-corrected chi connectivity index (χ4v) is 2.30. The molecule has 0 aliphatic heterocycles. The summed E-state index contributed by atoms with van der Waals surface area (Å²) in [5.74, 6) is -0.899. The van der Waals surface area contributed by atoms with Gasteiger partial charge in [-0.2, -0.15) is 0 Å².